The number of hydrogen-bond donors (Lipinski definition) is 0. The van der Waals surface area contributed by atoms with Gasteiger partial charge in [0.15, 0.2) is 0 Å². The maximum atomic E-state index is 11.9. The molecule has 0 heterocycles. The van der Waals surface area contributed by atoms with Crippen molar-refractivity contribution in [1.29, 1.82) is 0 Å². The van der Waals surface area contributed by atoms with E-state index in [0.717, 1.165) is 30.4 Å². The van der Waals surface area contributed by atoms with Crippen LogP contribution < -0.4 is 0 Å². The molecule has 0 bridgehead atoms. The largest absolute Gasteiger partial charge is 0.291 e. The number of hydrogen-bond acceptors (Lipinski definition) is 2. The van der Waals surface area contributed by atoms with Gasteiger partial charge in [0.1, 0.15) is 0 Å². The number of allylic oxidation sites excluding steroid dienone is 2. The fourth-order valence-corrected chi connectivity index (χ4v) is 2.42. The highest BCUT2D eigenvalue weighted by molar-refractivity contribution is 6.43. The molecule has 0 radical (unpaired) electrons. The Bertz CT molecular complexity index is 321. The van der Waals surface area contributed by atoms with Crippen molar-refractivity contribution in [2.75, 3.05) is 0 Å². The quantitative estimate of drug-likeness (QED) is 0.668. The van der Waals surface area contributed by atoms with E-state index >= 15 is 0 Å². The van der Waals surface area contributed by atoms with Crippen molar-refractivity contribution >= 4 is 11.6 Å². The van der Waals surface area contributed by atoms with Crippen LogP contribution in [0, 0.1) is 5.41 Å². The van der Waals surface area contributed by atoms with E-state index in [1.807, 2.05) is 6.92 Å². The zero-order valence-corrected chi connectivity index (χ0v) is 10.1. The molecule has 0 fully saturated rings. The van der Waals surface area contributed by atoms with Gasteiger partial charge in [-0.2, -0.15) is 0 Å². The first-order chi connectivity index (χ1) is 6.90. The number of ketones is 2. The van der Waals surface area contributed by atoms with Crippen molar-refractivity contribution < 1.29 is 9.59 Å². The number of Topliss-reactive ketones (excluding diaryl/α,β-unsaturated/α-hetero) is 2. The molecule has 0 atom stereocenters. The second-order valence-electron chi connectivity index (χ2n) is 5.00. The average Bonchev–Trinajstić information content (AvgIpc) is 2.14. The van der Waals surface area contributed by atoms with E-state index in [4.69, 9.17) is 0 Å². The Morgan fingerprint density at radius 2 is 1.93 bits per heavy atom. The SMILES string of the molecule is CCC(=O)C(=O)C1=C(C)CCCC1(C)C. The molecule has 0 N–H and O–H groups in total. The zero-order chi connectivity index (χ0) is 11.6. The van der Waals surface area contributed by atoms with E-state index in [2.05, 4.69) is 13.8 Å². The van der Waals surface area contributed by atoms with Crippen LogP contribution in [0.4, 0.5) is 0 Å². The molecule has 1 aliphatic rings. The Labute approximate surface area is 91.7 Å². The van der Waals surface area contributed by atoms with Crippen LogP contribution in [-0.2, 0) is 9.59 Å². The smallest absolute Gasteiger partial charge is 0.225 e. The normalized spacial score (nSPS) is 20.3. The lowest BCUT2D eigenvalue weighted by atomic mass is 9.70. The third-order valence-electron chi connectivity index (χ3n) is 3.26. The van der Waals surface area contributed by atoms with Crippen molar-refractivity contribution in [3.8, 4) is 0 Å². The summed E-state index contributed by atoms with van der Waals surface area (Å²) in [5, 5.41) is 0. The van der Waals surface area contributed by atoms with Crippen molar-refractivity contribution in [3.63, 3.8) is 0 Å². The minimum Gasteiger partial charge on any atom is -0.291 e. The summed E-state index contributed by atoms with van der Waals surface area (Å²) in [5.74, 6) is -0.501. The third-order valence-corrected chi connectivity index (χ3v) is 3.26. The molecule has 2 heteroatoms. The summed E-state index contributed by atoms with van der Waals surface area (Å²) in [7, 11) is 0. The minimum atomic E-state index is -0.251. The van der Waals surface area contributed by atoms with E-state index in [9.17, 15) is 9.59 Å². The molecule has 0 aromatic rings. The topological polar surface area (TPSA) is 34.1 Å². The number of rotatable bonds is 3. The van der Waals surface area contributed by atoms with Gasteiger partial charge in [-0.25, -0.2) is 0 Å². The molecular formula is C13H20O2. The lowest BCUT2D eigenvalue weighted by Crippen LogP contribution is -2.30. The Kier molecular flexibility index (Phi) is 3.48. The van der Waals surface area contributed by atoms with E-state index in [1.54, 1.807) is 6.92 Å². The van der Waals surface area contributed by atoms with Crippen LogP contribution in [0.5, 0.6) is 0 Å². The summed E-state index contributed by atoms with van der Waals surface area (Å²) in [4.78, 5) is 23.4. The summed E-state index contributed by atoms with van der Waals surface area (Å²) in [6.07, 6.45) is 3.39. The van der Waals surface area contributed by atoms with Gasteiger partial charge in [0.25, 0.3) is 0 Å². The Balaban J connectivity index is 3.09. The summed E-state index contributed by atoms with van der Waals surface area (Å²) in [6.45, 7) is 7.85. The molecular weight excluding hydrogens is 188 g/mol. The summed E-state index contributed by atoms with van der Waals surface area (Å²) < 4.78 is 0. The Hall–Kier alpha value is -0.920. The van der Waals surface area contributed by atoms with Crippen molar-refractivity contribution in [2.45, 2.75) is 53.4 Å². The standard InChI is InChI=1S/C13H20O2/c1-5-10(14)12(15)11-9(2)7-6-8-13(11,3)4/h5-8H2,1-4H3. The molecule has 0 aromatic heterocycles. The van der Waals surface area contributed by atoms with Gasteiger partial charge in [0.2, 0.25) is 11.6 Å². The summed E-state index contributed by atoms with van der Waals surface area (Å²) in [5.41, 5.74) is 1.77. The van der Waals surface area contributed by atoms with Gasteiger partial charge in [0, 0.05) is 12.0 Å². The molecule has 0 aliphatic heterocycles. The molecule has 15 heavy (non-hydrogen) atoms. The van der Waals surface area contributed by atoms with Crippen LogP contribution in [0.2, 0.25) is 0 Å². The van der Waals surface area contributed by atoms with Crippen LogP contribution in [0.3, 0.4) is 0 Å². The average molecular weight is 208 g/mol. The summed E-state index contributed by atoms with van der Waals surface area (Å²) >= 11 is 0. The predicted octanol–water partition coefficient (Wildman–Crippen LogP) is 3.06. The highest BCUT2D eigenvalue weighted by atomic mass is 16.2. The van der Waals surface area contributed by atoms with E-state index < -0.39 is 0 Å². The minimum absolute atomic E-state index is 0.121. The molecule has 0 saturated heterocycles. The maximum Gasteiger partial charge on any atom is 0.225 e. The second kappa shape index (κ2) is 4.30. The van der Waals surface area contributed by atoms with Crippen molar-refractivity contribution in [3.05, 3.63) is 11.1 Å². The lowest BCUT2D eigenvalue weighted by Gasteiger charge is -2.33. The molecule has 0 saturated carbocycles. The Morgan fingerprint density at radius 3 is 2.40 bits per heavy atom. The van der Waals surface area contributed by atoms with Gasteiger partial charge < -0.3 is 0 Å². The van der Waals surface area contributed by atoms with Gasteiger partial charge in [-0.1, -0.05) is 26.3 Å². The first-order valence-corrected chi connectivity index (χ1v) is 5.68. The second-order valence-corrected chi connectivity index (χ2v) is 5.00. The first kappa shape index (κ1) is 12.2. The van der Waals surface area contributed by atoms with Crippen LogP contribution in [0.1, 0.15) is 53.4 Å². The molecule has 1 rings (SSSR count). The highest BCUT2D eigenvalue weighted by Crippen LogP contribution is 2.40. The molecule has 0 amide bonds. The van der Waals surface area contributed by atoms with E-state index in [-0.39, 0.29) is 17.0 Å². The molecule has 1 aliphatic carbocycles. The summed E-state index contributed by atoms with van der Waals surface area (Å²) in [6, 6.07) is 0. The maximum absolute atomic E-state index is 11.9. The lowest BCUT2D eigenvalue weighted by molar-refractivity contribution is -0.134. The molecule has 0 unspecified atom stereocenters. The fourth-order valence-electron chi connectivity index (χ4n) is 2.42. The van der Waals surface area contributed by atoms with Gasteiger partial charge in [-0.15, -0.1) is 0 Å². The molecule has 0 aromatic carbocycles. The van der Waals surface area contributed by atoms with Gasteiger partial charge in [-0.05, 0) is 31.6 Å². The van der Waals surface area contributed by atoms with Crippen molar-refractivity contribution in [2.24, 2.45) is 5.41 Å². The first-order valence-electron chi connectivity index (χ1n) is 5.68. The predicted molar refractivity (Wildman–Crippen MR) is 60.6 cm³/mol. The van der Waals surface area contributed by atoms with Crippen LogP contribution in [-0.4, -0.2) is 11.6 Å². The van der Waals surface area contributed by atoms with Crippen LogP contribution in [0.25, 0.3) is 0 Å². The van der Waals surface area contributed by atoms with Gasteiger partial charge in [0.05, 0.1) is 0 Å². The highest BCUT2D eigenvalue weighted by Gasteiger charge is 2.34. The van der Waals surface area contributed by atoms with Crippen LogP contribution >= 0.6 is 0 Å². The molecule has 2 nitrogen and oxygen atoms in total. The number of carbonyl (C=O) groups excluding carboxylic acids is 2. The fraction of sp³-hybridized carbons (Fsp3) is 0.692. The zero-order valence-electron chi connectivity index (χ0n) is 10.1. The Morgan fingerprint density at radius 1 is 1.33 bits per heavy atom. The molecule has 0 spiro atoms. The monoisotopic (exact) mass is 208 g/mol. The van der Waals surface area contributed by atoms with E-state index in [0.29, 0.717) is 6.42 Å². The van der Waals surface area contributed by atoms with Gasteiger partial charge in [-0.3, -0.25) is 9.59 Å². The van der Waals surface area contributed by atoms with Crippen LogP contribution in [0.15, 0.2) is 11.1 Å². The van der Waals surface area contributed by atoms with Crippen molar-refractivity contribution in [1.82, 2.24) is 0 Å². The van der Waals surface area contributed by atoms with Gasteiger partial charge >= 0.3 is 0 Å². The molecule has 84 valence electrons. The number of carbonyl (C=O) groups is 2. The third kappa shape index (κ3) is 2.36. The van der Waals surface area contributed by atoms with E-state index in [1.165, 1.54) is 0 Å².